The Bertz CT molecular complexity index is 420. The monoisotopic (exact) mass is 176 g/mol. The van der Waals surface area contributed by atoms with Crippen molar-refractivity contribution in [2.45, 2.75) is 13.8 Å². The molecule has 13 heavy (non-hydrogen) atoms. The number of ether oxygens (including phenoxy) is 1. The van der Waals surface area contributed by atoms with Crippen LogP contribution in [0.3, 0.4) is 0 Å². The summed E-state index contributed by atoms with van der Waals surface area (Å²) in [6, 6.07) is 1.96. The topological polar surface area (TPSA) is 37.9 Å². The number of aromatic amines is 1. The van der Waals surface area contributed by atoms with Crippen molar-refractivity contribution >= 4 is 10.9 Å². The van der Waals surface area contributed by atoms with Gasteiger partial charge >= 0.3 is 0 Å². The number of rotatable bonds is 2. The molecular weight excluding hydrogens is 164 g/mol. The first-order valence-corrected chi connectivity index (χ1v) is 4.38. The summed E-state index contributed by atoms with van der Waals surface area (Å²) in [6.07, 6.45) is 3.68. The predicted octanol–water partition coefficient (Wildman–Crippen LogP) is 2.27. The van der Waals surface area contributed by atoms with Crippen LogP contribution in [0.1, 0.15) is 12.6 Å². The fraction of sp³-hybridized carbons (Fsp3) is 0.300. The number of pyridine rings is 1. The van der Waals surface area contributed by atoms with Crippen LogP contribution < -0.4 is 4.74 Å². The number of aromatic nitrogens is 2. The average Bonchev–Trinajstić information content (AvgIpc) is 2.51. The minimum atomic E-state index is 0.689. The van der Waals surface area contributed by atoms with Gasteiger partial charge in [0.15, 0.2) is 0 Å². The van der Waals surface area contributed by atoms with Crippen LogP contribution in [0.2, 0.25) is 0 Å². The van der Waals surface area contributed by atoms with E-state index >= 15 is 0 Å². The van der Waals surface area contributed by atoms with Crippen molar-refractivity contribution in [1.29, 1.82) is 0 Å². The van der Waals surface area contributed by atoms with Gasteiger partial charge in [0, 0.05) is 17.8 Å². The van der Waals surface area contributed by atoms with E-state index in [9.17, 15) is 0 Å². The molecule has 0 aliphatic heterocycles. The second-order valence-corrected chi connectivity index (χ2v) is 2.90. The summed E-state index contributed by atoms with van der Waals surface area (Å²) < 4.78 is 5.46. The standard InChI is InChI=1S/C10H12N2O/c1-3-13-9-6-12-10-7(2)11-5-4-8(9)10/h4-6,12H,3H2,1-2H3. The number of nitrogens with zero attached hydrogens (tertiary/aromatic N) is 1. The van der Waals surface area contributed by atoms with Crippen LogP contribution in [-0.4, -0.2) is 16.6 Å². The van der Waals surface area contributed by atoms with Crippen molar-refractivity contribution in [3.63, 3.8) is 0 Å². The van der Waals surface area contributed by atoms with Crippen molar-refractivity contribution in [2.24, 2.45) is 0 Å². The molecule has 2 aromatic rings. The highest BCUT2D eigenvalue weighted by atomic mass is 16.5. The van der Waals surface area contributed by atoms with E-state index in [0.29, 0.717) is 6.61 Å². The molecule has 0 fully saturated rings. The normalized spacial score (nSPS) is 10.6. The van der Waals surface area contributed by atoms with Crippen LogP contribution in [0, 0.1) is 6.92 Å². The third-order valence-electron chi connectivity index (χ3n) is 2.05. The summed E-state index contributed by atoms with van der Waals surface area (Å²) in [5, 5.41) is 1.11. The van der Waals surface area contributed by atoms with E-state index in [1.54, 1.807) is 6.20 Å². The average molecular weight is 176 g/mol. The zero-order chi connectivity index (χ0) is 9.26. The maximum Gasteiger partial charge on any atom is 0.144 e. The van der Waals surface area contributed by atoms with Gasteiger partial charge in [-0.05, 0) is 19.9 Å². The first-order chi connectivity index (χ1) is 6.33. The van der Waals surface area contributed by atoms with Gasteiger partial charge in [0.1, 0.15) is 5.75 Å². The van der Waals surface area contributed by atoms with Crippen LogP contribution in [0.15, 0.2) is 18.5 Å². The Kier molecular flexibility index (Phi) is 1.93. The molecule has 0 aromatic carbocycles. The van der Waals surface area contributed by atoms with E-state index in [0.717, 1.165) is 22.3 Å². The summed E-state index contributed by atoms with van der Waals surface area (Å²) >= 11 is 0. The van der Waals surface area contributed by atoms with Gasteiger partial charge in [-0.2, -0.15) is 0 Å². The highest BCUT2D eigenvalue weighted by Crippen LogP contribution is 2.25. The third-order valence-corrected chi connectivity index (χ3v) is 2.05. The SMILES string of the molecule is CCOc1c[nH]c2c(C)nccc12. The van der Waals surface area contributed by atoms with E-state index in [4.69, 9.17) is 4.74 Å². The number of H-pyrrole nitrogens is 1. The Morgan fingerprint density at radius 1 is 1.54 bits per heavy atom. The summed E-state index contributed by atoms with van der Waals surface area (Å²) in [6.45, 7) is 4.65. The van der Waals surface area contributed by atoms with Gasteiger partial charge in [0.2, 0.25) is 0 Å². The molecule has 0 saturated heterocycles. The lowest BCUT2D eigenvalue weighted by molar-refractivity contribution is 0.344. The van der Waals surface area contributed by atoms with Gasteiger partial charge in [0.25, 0.3) is 0 Å². The molecule has 0 spiro atoms. The second kappa shape index (κ2) is 3.09. The van der Waals surface area contributed by atoms with Gasteiger partial charge in [0.05, 0.1) is 17.8 Å². The van der Waals surface area contributed by atoms with Crippen molar-refractivity contribution in [1.82, 2.24) is 9.97 Å². The minimum Gasteiger partial charge on any atom is -0.492 e. The Hall–Kier alpha value is -1.51. The van der Waals surface area contributed by atoms with Crippen molar-refractivity contribution in [3.05, 3.63) is 24.2 Å². The molecule has 3 heteroatoms. The Morgan fingerprint density at radius 3 is 3.15 bits per heavy atom. The van der Waals surface area contributed by atoms with Crippen LogP contribution in [0.5, 0.6) is 5.75 Å². The second-order valence-electron chi connectivity index (χ2n) is 2.90. The van der Waals surface area contributed by atoms with Crippen molar-refractivity contribution in [3.8, 4) is 5.75 Å². The van der Waals surface area contributed by atoms with E-state index < -0.39 is 0 Å². The molecule has 0 unspecified atom stereocenters. The summed E-state index contributed by atoms with van der Waals surface area (Å²) in [5.74, 6) is 0.906. The Balaban J connectivity index is 2.61. The maximum absolute atomic E-state index is 5.46. The number of hydrogen-bond donors (Lipinski definition) is 1. The molecule has 0 aliphatic carbocycles. The van der Waals surface area contributed by atoms with Gasteiger partial charge in [-0.1, -0.05) is 0 Å². The van der Waals surface area contributed by atoms with Gasteiger partial charge < -0.3 is 9.72 Å². The maximum atomic E-state index is 5.46. The number of nitrogens with one attached hydrogen (secondary N) is 1. The Labute approximate surface area is 76.8 Å². The zero-order valence-electron chi connectivity index (χ0n) is 7.79. The van der Waals surface area contributed by atoms with Gasteiger partial charge in [-0.25, -0.2) is 0 Å². The van der Waals surface area contributed by atoms with Gasteiger partial charge in [-0.3, -0.25) is 4.98 Å². The lowest BCUT2D eigenvalue weighted by atomic mass is 10.2. The fourth-order valence-electron chi connectivity index (χ4n) is 1.44. The number of hydrogen-bond acceptors (Lipinski definition) is 2. The van der Waals surface area contributed by atoms with E-state index in [2.05, 4.69) is 9.97 Å². The molecule has 0 amide bonds. The third kappa shape index (κ3) is 1.26. The van der Waals surface area contributed by atoms with Crippen LogP contribution >= 0.6 is 0 Å². The minimum absolute atomic E-state index is 0.689. The molecule has 2 heterocycles. The molecule has 0 saturated carbocycles. The quantitative estimate of drug-likeness (QED) is 0.762. The molecule has 3 nitrogen and oxygen atoms in total. The molecule has 68 valence electrons. The predicted molar refractivity (Wildman–Crippen MR) is 52.0 cm³/mol. The van der Waals surface area contributed by atoms with Gasteiger partial charge in [-0.15, -0.1) is 0 Å². The molecule has 2 aromatic heterocycles. The van der Waals surface area contributed by atoms with E-state index in [-0.39, 0.29) is 0 Å². The van der Waals surface area contributed by atoms with Crippen LogP contribution in [0.4, 0.5) is 0 Å². The molecule has 0 bridgehead atoms. The first kappa shape index (κ1) is 8.10. The molecule has 0 atom stereocenters. The summed E-state index contributed by atoms with van der Waals surface area (Å²) in [5.41, 5.74) is 2.06. The lowest BCUT2D eigenvalue weighted by Gasteiger charge is -1.99. The summed E-state index contributed by atoms with van der Waals surface area (Å²) in [7, 11) is 0. The first-order valence-electron chi connectivity index (χ1n) is 4.38. The molecular formula is C10H12N2O. The lowest BCUT2D eigenvalue weighted by Crippen LogP contribution is -1.89. The van der Waals surface area contributed by atoms with E-state index in [1.807, 2.05) is 26.1 Å². The fourth-order valence-corrected chi connectivity index (χ4v) is 1.44. The van der Waals surface area contributed by atoms with E-state index in [1.165, 1.54) is 0 Å². The highest BCUT2D eigenvalue weighted by molar-refractivity contribution is 5.87. The number of aryl methyl sites for hydroxylation is 1. The molecule has 2 rings (SSSR count). The largest absolute Gasteiger partial charge is 0.492 e. The molecule has 1 N–H and O–H groups in total. The van der Waals surface area contributed by atoms with Crippen LogP contribution in [0.25, 0.3) is 10.9 Å². The van der Waals surface area contributed by atoms with Crippen LogP contribution in [-0.2, 0) is 0 Å². The number of fused-ring (bicyclic) bond motifs is 1. The molecule has 0 aliphatic rings. The molecule has 0 radical (unpaired) electrons. The Morgan fingerprint density at radius 2 is 2.38 bits per heavy atom. The highest BCUT2D eigenvalue weighted by Gasteiger charge is 2.05. The van der Waals surface area contributed by atoms with Crippen molar-refractivity contribution in [2.75, 3.05) is 6.61 Å². The smallest absolute Gasteiger partial charge is 0.144 e. The zero-order valence-corrected chi connectivity index (χ0v) is 7.79. The van der Waals surface area contributed by atoms with Crippen molar-refractivity contribution < 1.29 is 4.74 Å². The summed E-state index contributed by atoms with van der Waals surface area (Å²) in [4.78, 5) is 7.35.